The molecular formula is C22H27NO4. The molecule has 0 aliphatic rings. The van der Waals surface area contributed by atoms with E-state index in [1.54, 1.807) is 6.92 Å². The second-order valence-electron chi connectivity index (χ2n) is 7.09. The summed E-state index contributed by atoms with van der Waals surface area (Å²) < 4.78 is 10.6. The molecule has 0 spiro atoms. The molecule has 0 bridgehead atoms. The molecule has 0 aromatic heterocycles. The van der Waals surface area contributed by atoms with Gasteiger partial charge in [-0.3, -0.25) is 0 Å². The average molecular weight is 369 g/mol. The highest BCUT2D eigenvalue weighted by Gasteiger charge is 2.37. The maximum atomic E-state index is 12.6. The largest absolute Gasteiger partial charge is 0.467 e. The summed E-state index contributed by atoms with van der Waals surface area (Å²) in [5.41, 5.74) is 0.588. The molecular weight excluding hydrogens is 342 g/mol. The Morgan fingerprint density at radius 2 is 1.56 bits per heavy atom. The summed E-state index contributed by atoms with van der Waals surface area (Å²) >= 11 is 0. The quantitative estimate of drug-likeness (QED) is 0.740. The molecule has 0 unspecified atom stereocenters. The minimum absolute atomic E-state index is 0.0802. The molecule has 5 nitrogen and oxygen atoms in total. The Morgan fingerprint density at radius 1 is 1.00 bits per heavy atom. The molecule has 0 saturated heterocycles. The minimum atomic E-state index is -1.23. The van der Waals surface area contributed by atoms with Crippen LogP contribution in [-0.4, -0.2) is 24.7 Å². The predicted octanol–water partition coefficient (Wildman–Crippen LogP) is 4.28. The highest BCUT2D eigenvalue weighted by Crippen LogP contribution is 2.26. The van der Waals surface area contributed by atoms with E-state index in [0.717, 1.165) is 11.1 Å². The van der Waals surface area contributed by atoms with Gasteiger partial charge in [-0.2, -0.15) is 0 Å². The van der Waals surface area contributed by atoms with Crippen molar-refractivity contribution in [2.24, 2.45) is 5.92 Å². The van der Waals surface area contributed by atoms with Crippen molar-refractivity contribution in [3.63, 3.8) is 0 Å². The Labute approximate surface area is 160 Å². The standard InChI is InChI=1S/C22H27NO4/c1-16(2)19(18-13-9-6-10-14-18)27-21(25)23-22(3,20(24)26-4)15-17-11-7-5-8-12-17/h5-14,16,19H,15H2,1-4H3,(H,23,25)/t19-,22-/m1/s1. The van der Waals surface area contributed by atoms with Crippen molar-refractivity contribution in [1.29, 1.82) is 0 Å². The van der Waals surface area contributed by atoms with Crippen molar-refractivity contribution >= 4 is 12.1 Å². The van der Waals surface area contributed by atoms with Crippen LogP contribution < -0.4 is 5.32 Å². The molecule has 0 saturated carbocycles. The second kappa shape index (κ2) is 9.21. The molecule has 1 amide bonds. The Bertz CT molecular complexity index is 745. The van der Waals surface area contributed by atoms with Gasteiger partial charge in [0.2, 0.25) is 0 Å². The van der Waals surface area contributed by atoms with Gasteiger partial charge in [0.1, 0.15) is 11.6 Å². The Morgan fingerprint density at radius 3 is 2.07 bits per heavy atom. The van der Waals surface area contributed by atoms with Crippen molar-refractivity contribution in [1.82, 2.24) is 5.32 Å². The van der Waals surface area contributed by atoms with Crippen LogP contribution >= 0.6 is 0 Å². The van der Waals surface area contributed by atoms with Gasteiger partial charge in [0.15, 0.2) is 0 Å². The van der Waals surface area contributed by atoms with Gasteiger partial charge in [-0.05, 0) is 24.0 Å². The van der Waals surface area contributed by atoms with Crippen molar-refractivity contribution in [2.75, 3.05) is 7.11 Å². The number of hydrogen-bond acceptors (Lipinski definition) is 4. The summed E-state index contributed by atoms with van der Waals surface area (Å²) in [6, 6.07) is 19.0. The first-order chi connectivity index (χ1) is 12.9. The molecule has 5 heteroatoms. The summed E-state index contributed by atoms with van der Waals surface area (Å²) in [6.07, 6.45) is -0.765. The molecule has 0 fully saturated rings. The number of alkyl carbamates (subject to hydrolysis) is 1. The number of nitrogens with one attached hydrogen (secondary N) is 1. The number of carbonyl (C=O) groups is 2. The number of rotatable bonds is 7. The number of ether oxygens (including phenoxy) is 2. The molecule has 2 atom stereocenters. The molecule has 0 heterocycles. The maximum Gasteiger partial charge on any atom is 0.408 e. The smallest absolute Gasteiger partial charge is 0.408 e. The Hall–Kier alpha value is -2.82. The molecule has 27 heavy (non-hydrogen) atoms. The number of esters is 1. The number of amides is 1. The average Bonchev–Trinajstić information content (AvgIpc) is 2.66. The van der Waals surface area contributed by atoms with Crippen LogP contribution in [-0.2, 0) is 20.7 Å². The van der Waals surface area contributed by atoms with Gasteiger partial charge >= 0.3 is 12.1 Å². The van der Waals surface area contributed by atoms with Crippen LogP contribution in [0.5, 0.6) is 0 Å². The summed E-state index contributed by atoms with van der Waals surface area (Å²) in [7, 11) is 1.31. The highest BCUT2D eigenvalue weighted by molar-refractivity contribution is 5.85. The van der Waals surface area contributed by atoms with Gasteiger partial charge in [-0.15, -0.1) is 0 Å². The molecule has 144 valence electrons. The van der Waals surface area contributed by atoms with E-state index in [9.17, 15) is 9.59 Å². The lowest BCUT2D eigenvalue weighted by Crippen LogP contribution is -2.54. The lowest BCUT2D eigenvalue weighted by atomic mass is 9.93. The van der Waals surface area contributed by atoms with Gasteiger partial charge in [-0.1, -0.05) is 74.5 Å². The fourth-order valence-corrected chi connectivity index (χ4v) is 3.00. The van der Waals surface area contributed by atoms with Crippen LogP contribution in [0.3, 0.4) is 0 Å². The van der Waals surface area contributed by atoms with E-state index < -0.39 is 23.7 Å². The zero-order valence-corrected chi connectivity index (χ0v) is 16.3. The highest BCUT2D eigenvalue weighted by atomic mass is 16.6. The molecule has 0 radical (unpaired) electrons. The Balaban J connectivity index is 2.16. The van der Waals surface area contributed by atoms with Crippen LogP contribution in [0.1, 0.15) is 38.0 Å². The van der Waals surface area contributed by atoms with Gasteiger partial charge < -0.3 is 14.8 Å². The van der Waals surface area contributed by atoms with E-state index >= 15 is 0 Å². The van der Waals surface area contributed by atoms with Crippen molar-refractivity contribution in [3.05, 3.63) is 71.8 Å². The third kappa shape index (κ3) is 5.58. The Kier molecular flexibility index (Phi) is 6.99. The summed E-state index contributed by atoms with van der Waals surface area (Å²) in [5, 5.41) is 2.71. The number of carbonyl (C=O) groups excluding carboxylic acids is 2. The molecule has 2 aromatic carbocycles. The third-order valence-corrected chi connectivity index (χ3v) is 4.38. The van der Waals surface area contributed by atoms with E-state index in [0.29, 0.717) is 6.42 Å². The molecule has 2 aromatic rings. The van der Waals surface area contributed by atoms with E-state index in [-0.39, 0.29) is 5.92 Å². The fourth-order valence-electron chi connectivity index (χ4n) is 3.00. The summed E-state index contributed by atoms with van der Waals surface area (Å²) in [4.78, 5) is 25.0. The van der Waals surface area contributed by atoms with E-state index in [1.165, 1.54) is 7.11 Å². The topological polar surface area (TPSA) is 64.6 Å². The van der Waals surface area contributed by atoms with Gasteiger partial charge in [0.05, 0.1) is 7.11 Å². The van der Waals surface area contributed by atoms with Gasteiger partial charge in [0, 0.05) is 6.42 Å². The van der Waals surface area contributed by atoms with Crippen LogP contribution in [0.15, 0.2) is 60.7 Å². The lowest BCUT2D eigenvalue weighted by Gasteiger charge is -2.29. The van der Waals surface area contributed by atoms with E-state index in [2.05, 4.69) is 5.32 Å². The van der Waals surface area contributed by atoms with Crippen molar-refractivity contribution in [2.45, 2.75) is 38.8 Å². The van der Waals surface area contributed by atoms with E-state index in [4.69, 9.17) is 9.47 Å². The summed E-state index contributed by atoms with van der Waals surface area (Å²) in [5.74, 6) is -0.444. The lowest BCUT2D eigenvalue weighted by molar-refractivity contribution is -0.147. The van der Waals surface area contributed by atoms with Crippen LogP contribution in [0, 0.1) is 5.92 Å². The fraction of sp³-hybridized carbons (Fsp3) is 0.364. The maximum absolute atomic E-state index is 12.6. The molecule has 0 aliphatic heterocycles. The normalized spacial score (nSPS) is 14.1. The predicted molar refractivity (Wildman–Crippen MR) is 104 cm³/mol. The first kappa shape index (κ1) is 20.5. The van der Waals surface area contributed by atoms with E-state index in [1.807, 2.05) is 74.5 Å². The van der Waals surface area contributed by atoms with Crippen LogP contribution in [0.4, 0.5) is 4.79 Å². The third-order valence-electron chi connectivity index (χ3n) is 4.38. The van der Waals surface area contributed by atoms with Crippen molar-refractivity contribution in [3.8, 4) is 0 Å². The van der Waals surface area contributed by atoms with Crippen molar-refractivity contribution < 1.29 is 19.1 Å². The molecule has 2 rings (SSSR count). The van der Waals surface area contributed by atoms with Crippen LogP contribution in [0.2, 0.25) is 0 Å². The summed E-state index contributed by atoms with van der Waals surface area (Å²) in [6.45, 7) is 5.60. The molecule has 1 N–H and O–H groups in total. The number of methoxy groups -OCH3 is 1. The number of hydrogen-bond donors (Lipinski definition) is 1. The minimum Gasteiger partial charge on any atom is -0.467 e. The second-order valence-corrected chi connectivity index (χ2v) is 7.09. The first-order valence-corrected chi connectivity index (χ1v) is 9.02. The first-order valence-electron chi connectivity index (χ1n) is 9.02. The molecule has 0 aliphatic carbocycles. The number of benzene rings is 2. The monoisotopic (exact) mass is 369 g/mol. The zero-order chi connectivity index (χ0) is 19.9. The van der Waals surface area contributed by atoms with Crippen LogP contribution in [0.25, 0.3) is 0 Å². The SMILES string of the molecule is COC(=O)[C@@](C)(Cc1ccccc1)NC(=O)O[C@@H](c1ccccc1)C(C)C. The zero-order valence-electron chi connectivity index (χ0n) is 16.3. The van der Waals surface area contributed by atoms with Gasteiger partial charge in [0.25, 0.3) is 0 Å². The van der Waals surface area contributed by atoms with Gasteiger partial charge in [-0.25, -0.2) is 9.59 Å².